The van der Waals surface area contributed by atoms with Crippen LogP contribution in [0.2, 0.25) is 0 Å². The Morgan fingerprint density at radius 3 is 2.06 bits per heavy atom. The van der Waals surface area contributed by atoms with E-state index in [1.807, 2.05) is 0 Å². The zero-order chi connectivity index (χ0) is 14.4. The Kier molecular flexibility index (Phi) is 7.41. The van der Waals surface area contributed by atoms with Crippen molar-refractivity contribution in [1.82, 2.24) is 10.2 Å². The summed E-state index contributed by atoms with van der Waals surface area (Å²) in [6.45, 7) is 15.1. The summed E-state index contributed by atoms with van der Waals surface area (Å²) in [4.78, 5) is 2.20. The fourth-order valence-corrected chi connectivity index (χ4v) is 2.00. The lowest BCUT2D eigenvalue weighted by atomic mass is 9.99. The third kappa shape index (κ3) is 9.86. The third-order valence-corrected chi connectivity index (χ3v) is 3.06. The van der Waals surface area contributed by atoms with E-state index in [1.54, 1.807) is 0 Å². The smallest absolute Gasteiger partial charge is 0.0638 e. The van der Waals surface area contributed by atoms with Crippen molar-refractivity contribution in [3.63, 3.8) is 0 Å². The van der Waals surface area contributed by atoms with Crippen LogP contribution in [-0.4, -0.2) is 49.3 Å². The van der Waals surface area contributed by atoms with E-state index in [0.717, 1.165) is 26.0 Å². The molecule has 0 spiro atoms. The van der Waals surface area contributed by atoms with E-state index >= 15 is 0 Å². The number of hydrogen-bond acceptors (Lipinski definition) is 3. The van der Waals surface area contributed by atoms with Gasteiger partial charge in [0.25, 0.3) is 0 Å². The van der Waals surface area contributed by atoms with Crippen LogP contribution >= 0.6 is 0 Å². The molecule has 0 heterocycles. The summed E-state index contributed by atoms with van der Waals surface area (Å²) in [6.07, 6.45) is 2.11. The highest BCUT2D eigenvalue weighted by Gasteiger charge is 2.22. The monoisotopic (exact) mass is 258 g/mol. The summed E-state index contributed by atoms with van der Waals surface area (Å²) in [5.41, 5.74) is 0.115. The van der Waals surface area contributed by atoms with E-state index in [4.69, 9.17) is 4.74 Å². The molecule has 18 heavy (non-hydrogen) atoms. The molecule has 1 N–H and O–H groups in total. The van der Waals surface area contributed by atoms with E-state index in [9.17, 15) is 0 Å². The van der Waals surface area contributed by atoms with E-state index in [-0.39, 0.29) is 11.1 Å². The number of ether oxygens (including phenoxy) is 1. The maximum atomic E-state index is 6.03. The van der Waals surface area contributed by atoms with Crippen LogP contribution in [0.1, 0.15) is 54.4 Å². The minimum atomic E-state index is -0.0296. The number of hydrogen-bond donors (Lipinski definition) is 1. The van der Waals surface area contributed by atoms with E-state index < -0.39 is 0 Å². The summed E-state index contributed by atoms with van der Waals surface area (Å²) in [5, 5.41) is 3.57. The number of nitrogens with zero attached hydrogens (tertiary/aromatic N) is 1. The van der Waals surface area contributed by atoms with Gasteiger partial charge < -0.3 is 15.0 Å². The van der Waals surface area contributed by atoms with Gasteiger partial charge in [-0.25, -0.2) is 0 Å². The average Bonchev–Trinajstić information content (AvgIpc) is 2.12. The Labute approximate surface area is 114 Å². The second-order valence-corrected chi connectivity index (χ2v) is 7.09. The molecule has 0 aliphatic rings. The van der Waals surface area contributed by atoms with Gasteiger partial charge in [-0.15, -0.1) is 0 Å². The quantitative estimate of drug-likeness (QED) is 0.688. The molecule has 3 heteroatoms. The van der Waals surface area contributed by atoms with Crippen LogP contribution < -0.4 is 5.32 Å². The molecule has 0 fully saturated rings. The van der Waals surface area contributed by atoms with Crippen molar-refractivity contribution in [3.8, 4) is 0 Å². The predicted octanol–water partition coefficient (Wildman–Crippen LogP) is 2.90. The van der Waals surface area contributed by atoms with Gasteiger partial charge >= 0.3 is 0 Å². The first-order chi connectivity index (χ1) is 8.04. The maximum absolute atomic E-state index is 6.03. The molecular weight excluding hydrogens is 224 g/mol. The van der Waals surface area contributed by atoms with E-state index in [1.165, 1.54) is 0 Å². The molecule has 0 aromatic rings. The first-order valence-corrected chi connectivity index (χ1v) is 7.10. The van der Waals surface area contributed by atoms with Crippen molar-refractivity contribution < 1.29 is 4.74 Å². The van der Waals surface area contributed by atoms with Crippen LogP contribution in [0, 0.1) is 0 Å². The summed E-state index contributed by atoms with van der Waals surface area (Å²) in [7, 11) is 4.21. The minimum Gasteiger partial charge on any atom is -0.375 e. The summed E-state index contributed by atoms with van der Waals surface area (Å²) in [5.74, 6) is 0. The molecule has 0 aliphatic carbocycles. The highest BCUT2D eigenvalue weighted by Crippen LogP contribution is 2.17. The lowest BCUT2D eigenvalue weighted by Gasteiger charge is -2.32. The van der Waals surface area contributed by atoms with Crippen LogP contribution in [0.25, 0.3) is 0 Å². The molecule has 0 amide bonds. The highest BCUT2D eigenvalue weighted by atomic mass is 16.5. The topological polar surface area (TPSA) is 24.5 Å². The third-order valence-electron chi connectivity index (χ3n) is 3.06. The Bertz CT molecular complexity index is 223. The van der Waals surface area contributed by atoms with Crippen molar-refractivity contribution in [2.75, 3.05) is 27.2 Å². The zero-order valence-electron chi connectivity index (χ0n) is 13.8. The summed E-state index contributed by atoms with van der Waals surface area (Å²) >= 11 is 0. The largest absolute Gasteiger partial charge is 0.375 e. The molecule has 0 aliphatic heterocycles. The molecule has 0 atom stereocenters. The lowest BCUT2D eigenvalue weighted by molar-refractivity contribution is -0.0343. The molecule has 3 nitrogen and oxygen atoms in total. The van der Waals surface area contributed by atoms with Gasteiger partial charge in [0.15, 0.2) is 0 Å². The number of nitrogens with one attached hydrogen (secondary N) is 1. The van der Waals surface area contributed by atoms with Gasteiger partial charge in [0.1, 0.15) is 0 Å². The van der Waals surface area contributed by atoms with Crippen LogP contribution in [0.4, 0.5) is 0 Å². The normalized spacial score (nSPS) is 13.7. The highest BCUT2D eigenvalue weighted by molar-refractivity contribution is 4.80. The average molecular weight is 258 g/mol. The molecule has 0 saturated heterocycles. The van der Waals surface area contributed by atoms with Crippen molar-refractivity contribution in [1.29, 1.82) is 0 Å². The van der Waals surface area contributed by atoms with Gasteiger partial charge in [-0.1, -0.05) is 13.8 Å². The minimum absolute atomic E-state index is 0.0296. The van der Waals surface area contributed by atoms with Gasteiger partial charge in [0, 0.05) is 24.7 Å². The van der Waals surface area contributed by atoms with E-state index in [2.05, 4.69) is 65.9 Å². The molecule has 0 radical (unpaired) electrons. The molecule has 0 aromatic carbocycles. The fraction of sp³-hybridized carbons (Fsp3) is 1.00. The fourth-order valence-electron chi connectivity index (χ4n) is 2.00. The zero-order valence-corrected chi connectivity index (χ0v) is 13.8. The second kappa shape index (κ2) is 7.46. The van der Waals surface area contributed by atoms with Crippen molar-refractivity contribution in [3.05, 3.63) is 0 Å². The van der Waals surface area contributed by atoms with E-state index in [0.29, 0.717) is 6.04 Å². The van der Waals surface area contributed by atoms with Crippen molar-refractivity contribution >= 4 is 0 Å². The van der Waals surface area contributed by atoms with Gasteiger partial charge in [0.2, 0.25) is 0 Å². The van der Waals surface area contributed by atoms with Crippen LogP contribution in [-0.2, 0) is 4.74 Å². The maximum Gasteiger partial charge on any atom is 0.0638 e. The van der Waals surface area contributed by atoms with Gasteiger partial charge in [0.05, 0.1) is 5.60 Å². The Balaban J connectivity index is 3.94. The molecule has 110 valence electrons. The summed E-state index contributed by atoms with van der Waals surface area (Å²) in [6, 6.07) is 0.516. The van der Waals surface area contributed by atoms with Crippen molar-refractivity contribution in [2.45, 2.75) is 71.6 Å². The van der Waals surface area contributed by atoms with Crippen LogP contribution in [0.5, 0.6) is 0 Å². The summed E-state index contributed by atoms with van der Waals surface area (Å²) < 4.78 is 6.03. The first-order valence-electron chi connectivity index (χ1n) is 7.10. The molecule has 0 saturated carbocycles. The Morgan fingerprint density at radius 1 is 1.06 bits per heavy atom. The van der Waals surface area contributed by atoms with Crippen LogP contribution in [0.15, 0.2) is 0 Å². The lowest BCUT2D eigenvalue weighted by Crippen LogP contribution is -2.44. The molecule has 0 bridgehead atoms. The number of rotatable bonds is 9. The molecular formula is C15H34N2O. The first kappa shape index (κ1) is 17.9. The Morgan fingerprint density at radius 2 is 1.61 bits per heavy atom. The van der Waals surface area contributed by atoms with Gasteiger partial charge in [-0.2, -0.15) is 0 Å². The van der Waals surface area contributed by atoms with Gasteiger partial charge in [-0.3, -0.25) is 0 Å². The standard InChI is InChI=1S/C15H34N2O/c1-13(2)16-14(3,4)10-12-18-15(5,6)9-11-17(7)8/h13,16H,9-12H2,1-8H3. The van der Waals surface area contributed by atoms with Crippen molar-refractivity contribution in [2.24, 2.45) is 0 Å². The van der Waals surface area contributed by atoms with Crippen LogP contribution in [0.3, 0.4) is 0 Å². The van der Waals surface area contributed by atoms with Gasteiger partial charge in [-0.05, 0) is 54.6 Å². The Hall–Kier alpha value is -0.120. The SMILES string of the molecule is CC(C)NC(C)(C)CCOC(C)(C)CCN(C)C. The predicted molar refractivity (Wildman–Crippen MR) is 80.2 cm³/mol. The molecule has 0 rings (SSSR count). The second-order valence-electron chi connectivity index (χ2n) is 7.09. The molecule has 0 aromatic heterocycles. The molecule has 0 unspecified atom stereocenters.